The summed E-state index contributed by atoms with van der Waals surface area (Å²) >= 11 is 0. The minimum atomic E-state index is 0.320. The Balaban J connectivity index is 1.77. The van der Waals surface area contributed by atoms with E-state index >= 15 is 0 Å². The third-order valence-corrected chi connectivity index (χ3v) is 3.34. The Labute approximate surface area is 84.9 Å². The average molecular weight is 197 g/mol. The largest absolute Gasteiger partial charge is 0.370 e. The van der Waals surface area contributed by atoms with Crippen LogP contribution in [-0.2, 0) is 4.74 Å². The third kappa shape index (κ3) is 2.25. The van der Waals surface area contributed by atoms with Gasteiger partial charge in [-0.25, -0.2) is 0 Å². The fourth-order valence-corrected chi connectivity index (χ4v) is 2.42. The highest BCUT2D eigenvalue weighted by Gasteiger charge is 2.43. The van der Waals surface area contributed by atoms with Gasteiger partial charge in [-0.1, -0.05) is 0 Å². The van der Waals surface area contributed by atoms with E-state index in [9.17, 15) is 0 Å². The molecule has 0 aromatic carbocycles. The van der Waals surface area contributed by atoms with Crippen LogP contribution >= 0.6 is 0 Å². The molecule has 1 heterocycles. The fraction of sp³-hybridized carbons (Fsp3) is 0.900. The summed E-state index contributed by atoms with van der Waals surface area (Å²) in [6, 6.07) is 0.320. The van der Waals surface area contributed by atoms with Crippen molar-refractivity contribution in [3.05, 3.63) is 0 Å². The summed E-state index contributed by atoms with van der Waals surface area (Å²) < 4.78 is 5.50. The number of epoxide rings is 1. The molecule has 4 atom stereocenters. The van der Waals surface area contributed by atoms with Gasteiger partial charge in [0.25, 0.3) is 0 Å². The molecule has 1 saturated carbocycles. The first-order chi connectivity index (χ1) is 6.83. The van der Waals surface area contributed by atoms with Crippen molar-refractivity contribution in [3.63, 3.8) is 0 Å². The van der Waals surface area contributed by atoms with Gasteiger partial charge in [-0.05, 0) is 38.6 Å². The number of hydrogen-bond acceptors (Lipinski definition) is 4. The number of hydrogen-bond donors (Lipinski definition) is 2. The number of ether oxygens (including phenoxy) is 1. The molecule has 3 N–H and O–H groups in total. The Kier molecular flexibility index (Phi) is 3.03. The van der Waals surface area contributed by atoms with Crippen molar-refractivity contribution < 1.29 is 4.74 Å². The van der Waals surface area contributed by atoms with Crippen LogP contribution in [0.2, 0.25) is 0 Å². The second-order valence-corrected chi connectivity index (χ2v) is 4.32. The highest BCUT2D eigenvalue weighted by molar-refractivity contribution is 5.63. The molecule has 2 fully saturated rings. The van der Waals surface area contributed by atoms with Crippen molar-refractivity contribution in [1.82, 2.24) is 5.32 Å². The van der Waals surface area contributed by atoms with Gasteiger partial charge in [0.1, 0.15) is 0 Å². The first kappa shape index (κ1) is 9.93. The van der Waals surface area contributed by atoms with Crippen molar-refractivity contribution in [1.29, 1.82) is 0 Å². The Bertz CT molecular complexity index is 219. The monoisotopic (exact) mass is 197 g/mol. The Morgan fingerprint density at radius 2 is 2.43 bits per heavy atom. The van der Waals surface area contributed by atoms with E-state index in [-0.39, 0.29) is 0 Å². The molecule has 80 valence electrons. The van der Waals surface area contributed by atoms with Crippen molar-refractivity contribution in [2.24, 2.45) is 16.9 Å². The summed E-state index contributed by atoms with van der Waals surface area (Å²) in [4.78, 5) is 0. The van der Waals surface area contributed by atoms with Crippen LogP contribution in [0.1, 0.15) is 25.7 Å². The standard InChI is InChI=1S/C10H19N3O/c1-12-8(6-13-11)4-7-2-3-9-10(5-7)14-9/h6-10,12H,2-5,11H2,1H3/b13-6-. The van der Waals surface area contributed by atoms with Gasteiger partial charge in [0, 0.05) is 12.3 Å². The molecule has 4 heteroatoms. The fourth-order valence-electron chi connectivity index (χ4n) is 2.42. The van der Waals surface area contributed by atoms with E-state index in [1.165, 1.54) is 19.3 Å². The van der Waals surface area contributed by atoms with Crippen LogP contribution in [-0.4, -0.2) is 31.5 Å². The molecule has 14 heavy (non-hydrogen) atoms. The van der Waals surface area contributed by atoms with Crippen molar-refractivity contribution >= 4 is 6.21 Å². The van der Waals surface area contributed by atoms with Gasteiger partial charge in [-0.3, -0.25) is 0 Å². The number of rotatable bonds is 4. The summed E-state index contributed by atoms with van der Waals surface area (Å²) in [6.45, 7) is 0. The minimum Gasteiger partial charge on any atom is -0.370 e. The second kappa shape index (κ2) is 4.28. The number of fused-ring (bicyclic) bond motifs is 1. The predicted molar refractivity (Wildman–Crippen MR) is 56.1 cm³/mol. The van der Waals surface area contributed by atoms with Crippen LogP contribution in [0.25, 0.3) is 0 Å². The molecule has 0 aromatic rings. The van der Waals surface area contributed by atoms with E-state index in [1.54, 1.807) is 6.21 Å². The molecule has 4 unspecified atom stereocenters. The maximum Gasteiger partial charge on any atom is 0.0844 e. The lowest BCUT2D eigenvalue weighted by Crippen LogP contribution is -2.31. The van der Waals surface area contributed by atoms with Gasteiger partial charge >= 0.3 is 0 Å². The summed E-state index contributed by atoms with van der Waals surface area (Å²) in [5, 5.41) is 6.79. The molecular formula is C10H19N3O. The quantitative estimate of drug-likeness (QED) is 0.298. The normalized spacial score (nSPS) is 38.2. The molecule has 0 aromatic heterocycles. The van der Waals surface area contributed by atoms with Crippen molar-refractivity contribution in [2.75, 3.05) is 7.05 Å². The van der Waals surface area contributed by atoms with E-state index in [2.05, 4.69) is 10.4 Å². The maximum absolute atomic E-state index is 5.50. The molecule has 1 aliphatic carbocycles. The second-order valence-electron chi connectivity index (χ2n) is 4.32. The molecule has 0 spiro atoms. The number of nitrogens with one attached hydrogen (secondary N) is 1. The van der Waals surface area contributed by atoms with Gasteiger partial charge in [-0.2, -0.15) is 5.10 Å². The van der Waals surface area contributed by atoms with Gasteiger partial charge in [-0.15, -0.1) is 0 Å². The van der Waals surface area contributed by atoms with Crippen LogP contribution < -0.4 is 11.2 Å². The van der Waals surface area contributed by atoms with E-state index in [4.69, 9.17) is 10.6 Å². The van der Waals surface area contributed by atoms with Crippen LogP contribution in [0.5, 0.6) is 0 Å². The summed E-state index contributed by atoms with van der Waals surface area (Å²) in [6.07, 6.45) is 7.84. The highest BCUT2D eigenvalue weighted by atomic mass is 16.6. The molecule has 0 amide bonds. The predicted octanol–water partition coefficient (Wildman–Crippen LogP) is 0.476. The summed E-state index contributed by atoms with van der Waals surface area (Å²) in [5.74, 6) is 5.92. The Morgan fingerprint density at radius 1 is 1.57 bits per heavy atom. The number of nitrogens with zero attached hydrogens (tertiary/aromatic N) is 1. The number of hydrazone groups is 1. The highest BCUT2D eigenvalue weighted by Crippen LogP contribution is 2.40. The van der Waals surface area contributed by atoms with Crippen molar-refractivity contribution in [2.45, 2.75) is 43.9 Å². The van der Waals surface area contributed by atoms with Gasteiger partial charge < -0.3 is 15.9 Å². The lowest BCUT2D eigenvalue weighted by atomic mass is 9.85. The SMILES string of the molecule is CNC(/C=N\N)CC1CCC2OC2C1. The lowest BCUT2D eigenvalue weighted by Gasteiger charge is -2.22. The Hall–Kier alpha value is -0.610. The first-order valence-corrected chi connectivity index (χ1v) is 5.39. The topological polar surface area (TPSA) is 62.9 Å². The molecule has 1 saturated heterocycles. The zero-order chi connectivity index (χ0) is 9.97. The first-order valence-electron chi connectivity index (χ1n) is 5.39. The van der Waals surface area contributed by atoms with Gasteiger partial charge in [0.15, 0.2) is 0 Å². The van der Waals surface area contributed by atoms with Crippen LogP contribution in [0.3, 0.4) is 0 Å². The molecular weight excluding hydrogens is 178 g/mol. The van der Waals surface area contributed by atoms with Gasteiger partial charge in [0.2, 0.25) is 0 Å². The molecule has 0 bridgehead atoms. The molecule has 4 nitrogen and oxygen atoms in total. The molecule has 0 radical (unpaired) electrons. The minimum absolute atomic E-state index is 0.320. The van der Waals surface area contributed by atoms with E-state index in [0.717, 1.165) is 12.3 Å². The molecule has 2 aliphatic rings. The van der Waals surface area contributed by atoms with Crippen LogP contribution in [0, 0.1) is 5.92 Å². The van der Waals surface area contributed by atoms with E-state index < -0.39 is 0 Å². The zero-order valence-electron chi connectivity index (χ0n) is 8.65. The van der Waals surface area contributed by atoms with Crippen LogP contribution in [0.4, 0.5) is 0 Å². The average Bonchev–Trinajstić information content (AvgIpc) is 2.95. The van der Waals surface area contributed by atoms with Crippen LogP contribution in [0.15, 0.2) is 5.10 Å². The van der Waals surface area contributed by atoms with Crippen molar-refractivity contribution in [3.8, 4) is 0 Å². The van der Waals surface area contributed by atoms with E-state index in [1.807, 2.05) is 7.05 Å². The third-order valence-electron chi connectivity index (χ3n) is 3.34. The Morgan fingerprint density at radius 3 is 3.07 bits per heavy atom. The smallest absolute Gasteiger partial charge is 0.0844 e. The molecule has 1 aliphatic heterocycles. The van der Waals surface area contributed by atoms with E-state index in [0.29, 0.717) is 18.2 Å². The lowest BCUT2D eigenvalue weighted by molar-refractivity contribution is 0.341. The number of nitrogens with two attached hydrogens (primary N) is 1. The molecule has 2 rings (SSSR count). The van der Waals surface area contributed by atoms with Gasteiger partial charge in [0.05, 0.1) is 12.2 Å². The summed E-state index contributed by atoms with van der Waals surface area (Å²) in [7, 11) is 1.95. The zero-order valence-corrected chi connectivity index (χ0v) is 8.65. The summed E-state index contributed by atoms with van der Waals surface area (Å²) in [5.41, 5.74) is 0. The maximum atomic E-state index is 5.50.